The molecule has 0 amide bonds. The van der Waals surface area contributed by atoms with Crippen LogP contribution in [0.2, 0.25) is 0 Å². The largest absolute Gasteiger partial charge is 0.494 e. The molecule has 90 valence electrons. The molecule has 4 nitrogen and oxygen atoms in total. The number of nitrogens with zero attached hydrogens (tertiary/aromatic N) is 2. The van der Waals surface area contributed by atoms with Gasteiger partial charge in [-0.05, 0) is 12.1 Å². The maximum atomic E-state index is 13.2. The first-order valence-corrected chi connectivity index (χ1v) is 5.24. The molecule has 0 aliphatic carbocycles. The number of ether oxygens (including phenoxy) is 1. The molecule has 1 aromatic heterocycles. The summed E-state index contributed by atoms with van der Waals surface area (Å²) in [5.74, 6) is -0.124. The number of aryl methyl sites for hydroxylation is 1. The Bertz CT molecular complexity index is 510. The second kappa shape index (κ2) is 4.86. The van der Waals surface area contributed by atoms with E-state index in [4.69, 9.17) is 4.74 Å². The van der Waals surface area contributed by atoms with Gasteiger partial charge in [0.2, 0.25) is 0 Å². The lowest BCUT2D eigenvalue weighted by molar-refractivity contribution is 0.387. The summed E-state index contributed by atoms with van der Waals surface area (Å²) >= 11 is 0. The maximum Gasteiger partial charge on any atom is 0.165 e. The van der Waals surface area contributed by atoms with Crippen molar-refractivity contribution in [3.8, 4) is 5.75 Å². The number of halogens is 1. The summed E-state index contributed by atoms with van der Waals surface area (Å²) in [5.41, 5.74) is 1.88. The molecule has 0 spiro atoms. The van der Waals surface area contributed by atoms with E-state index in [1.165, 1.54) is 13.2 Å². The minimum Gasteiger partial charge on any atom is -0.494 e. The molecule has 0 saturated carbocycles. The molecule has 0 bridgehead atoms. The van der Waals surface area contributed by atoms with E-state index in [0.717, 1.165) is 11.3 Å². The van der Waals surface area contributed by atoms with Gasteiger partial charge in [-0.15, -0.1) is 0 Å². The van der Waals surface area contributed by atoms with Crippen molar-refractivity contribution in [1.82, 2.24) is 9.78 Å². The fourth-order valence-corrected chi connectivity index (χ4v) is 1.54. The van der Waals surface area contributed by atoms with Crippen molar-refractivity contribution in [1.29, 1.82) is 0 Å². The Kier molecular flexibility index (Phi) is 3.27. The van der Waals surface area contributed by atoms with Crippen LogP contribution in [0, 0.1) is 5.82 Å². The Morgan fingerprint density at radius 1 is 1.47 bits per heavy atom. The topological polar surface area (TPSA) is 39.1 Å². The predicted octanol–water partition coefficient (Wildman–Crippen LogP) is 2.18. The Hall–Kier alpha value is -2.04. The summed E-state index contributed by atoms with van der Waals surface area (Å²) in [6.45, 7) is 0.641. The van der Waals surface area contributed by atoms with Gasteiger partial charge in [0.15, 0.2) is 11.6 Å². The zero-order chi connectivity index (χ0) is 12.3. The molecule has 5 heteroatoms. The van der Waals surface area contributed by atoms with Crippen LogP contribution in [0.1, 0.15) is 5.56 Å². The van der Waals surface area contributed by atoms with Gasteiger partial charge in [-0.25, -0.2) is 4.39 Å². The summed E-state index contributed by atoms with van der Waals surface area (Å²) in [7, 11) is 3.31. The van der Waals surface area contributed by atoms with E-state index >= 15 is 0 Å². The molecule has 0 aliphatic rings. The SMILES string of the molecule is COc1cc(NCc2cnn(C)c2)ccc1F. The molecule has 0 aliphatic heterocycles. The van der Waals surface area contributed by atoms with Crippen LogP contribution in [0.3, 0.4) is 0 Å². The zero-order valence-electron chi connectivity index (χ0n) is 9.77. The average molecular weight is 235 g/mol. The van der Waals surface area contributed by atoms with Gasteiger partial charge >= 0.3 is 0 Å². The highest BCUT2D eigenvalue weighted by Crippen LogP contribution is 2.21. The summed E-state index contributed by atoms with van der Waals surface area (Å²) in [6, 6.07) is 4.68. The highest BCUT2D eigenvalue weighted by atomic mass is 19.1. The van der Waals surface area contributed by atoms with Crippen LogP contribution >= 0.6 is 0 Å². The molecule has 1 aromatic carbocycles. The van der Waals surface area contributed by atoms with Gasteiger partial charge in [0, 0.05) is 37.1 Å². The van der Waals surface area contributed by atoms with Gasteiger partial charge in [0.05, 0.1) is 13.3 Å². The van der Waals surface area contributed by atoms with Gasteiger partial charge in [-0.1, -0.05) is 0 Å². The third-order valence-electron chi connectivity index (χ3n) is 2.41. The van der Waals surface area contributed by atoms with Crippen molar-refractivity contribution in [2.45, 2.75) is 6.54 Å². The number of methoxy groups -OCH3 is 1. The predicted molar refractivity (Wildman–Crippen MR) is 63.5 cm³/mol. The summed E-state index contributed by atoms with van der Waals surface area (Å²) < 4.78 is 19.8. The quantitative estimate of drug-likeness (QED) is 0.882. The van der Waals surface area contributed by atoms with Crippen LogP contribution in [0.25, 0.3) is 0 Å². The lowest BCUT2D eigenvalue weighted by atomic mass is 10.2. The van der Waals surface area contributed by atoms with Crippen molar-refractivity contribution in [2.24, 2.45) is 7.05 Å². The smallest absolute Gasteiger partial charge is 0.165 e. The number of aromatic nitrogens is 2. The van der Waals surface area contributed by atoms with Crippen LogP contribution in [0.15, 0.2) is 30.6 Å². The monoisotopic (exact) mass is 235 g/mol. The highest BCUT2D eigenvalue weighted by Gasteiger charge is 2.03. The molecule has 2 rings (SSSR count). The first kappa shape index (κ1) is 11.4. The van der Waals surface area contributed by atoms with E-state index in [-0.39, 0.29) is 11.6 Å². The molecule has 17 heavy (non-hydrogen) atoms. The molecule has 1 heterocycles. The first-order valence-electron chi connectivity index (χ1n) is 5.24. The Labute approximate surface area is 99.0 Å². The van der Waals surface area contributed by atoms with Gasteiger partial charge in [0.1, 0.15) is 0 Å². The van der Waals surface area contributed by atoms with E-state index in [2.05, 4.69) is 10.4 Å². The molecular formula is C12H14FN3O. The lowest BCUT2D eigenvalue weighted by Crippen LogP contribution is -1.99. The van der Waals surface area contributed by atoms with E-state index in [9.17, 15) is 4.39 Å². The average Bonchev–Trinajstić information content (AvgIpc) is 2.74. The van der Waals surface area contributed by atoms with Crippen molar-refractivity contribution in [3.05, 3.63) is 42.0 Å². The van der Waals surface area contributed by atoms with Crippen LogP contribution in [-0.2, 0) is 13.6 Å². The number of nitrogens with one attached hydrogen (secondary N) is 1. The lowest BCUT2D eigenvalue weighted by Gasteiger charge is -2.07. The number of anilines is 1. The number of rotatable bonds is 4. The normalized spacial score (nSPS) is 10.3. The van der Waals surface area contributed by atoms with Gasteiger partial charge < -0.3 is 10.1 Å². The van der Waals surface area contributed by atoms with E-state index in [0.29, 0.717) is 6.54 Å². The van der Waals surface area contributed by atoms with Crippen molar-refractivity contribution in [3.63, 3.8) is 0 Å². The number of benzene rings is 1. The molecule has 2 aromatic rings. The third-order valence-corrected chi connectivity index (χ3v) is 2.41. The maximum absolute atomic E-state index is 13.2. The molecule has 0 atom stereocenters. The van der Waals surface area contributed by atoms with Gasteiger partial charge in [-0.2, -0.15) is 5.10 Å². The Morgan fingerprint density at radius 3 is 2.94 bits per heavy atom. The number of hydrogen-bond donors (Lipinski definition) is 1. The summed E-state index contributed by atoms with van der Waals surface area (Å²) in [5, 5.41) is 7.24. The van der Waals surface area contributed by atoms with Crippen molar-refractivity contribution >= 4 is 5.69 Å². The van der Waals surface area contributed by atoms with Crippen LogP contribution < -0.4 is 10.1 Å². The van der Waals surface area contributed by atoms with Crippen molar-refractivity contribution in [2.75, 3.05) is 12.4 Å². The summed E-state index contributed by atoms with van der Waals surface area (Å²) in [4.78, 5) is 0. The molecular weight excluding hydrogens is 221 g/mol. The fraction of sp³-hybridized carbons (Fsp3) is 0.250. The Morgan fingerprint density at radius 2 is 2.29 bits per heavy atom. The van der Waals surface area contributed by atoms with Gasteiger partial charge in [-0.3, -0.25) is 4.68 Å². The second-order valence-electron chi connectivity index (χ2n) is 3.73. The van der Waals surface area contributed by atoms with Crippen LogP contribution in [0.4, 0.5) is 10.1 Å². The van der Waals surface area contributed by atoms with Crippen molar-refractivity contribution < 1.29 is 9.13 Å². The van der Waals surface area contributed by atoms with E-state index in [1.54, 1.807) is 23.0 Å². The minimum absolute atomic E-state index is 0.237. The highest BCUT2D eigenvalue weighted by molar-refractivity contribution is 5.49. The Balaban J connectivity index is 2.04. The number of hydrogen-bond acceptors (Lipinski definition) is 3. The van der Waals surface area contributed by atoms with E-state index < -0.39 is 0 Å². The molecule has 1 N–H and O–H groups in total. The standard InChI is InChI=1S/C12H14FN3O/c1-16-8-9(7-15-16)6-14-10-3-4-11(13)12(5-10)17-2/h3-5,7-8,14H,6H2,1-2H3. The fourth-order valence-electron chi connectivity index (χ4n) is 1.54. The minimum atomic E-state index is -0.362. The van der Waals surface area contributed by atoms with Gasteiger partial charge in [0.25, 0.3) is 0 Å². The molecule has 0 radical (unpaired) electrons. The molecule has 0 unspecified atom stereocenters. The van der Waals surface area contributed by atoms with Crippen LogP contribution in [0.5, 0.6) is 5.75 Å². The molecule has 0 saturated heterocycles. The first-order chi connectivity index (χ1) is 8.19. The second-order valence-corrected chi connectivity index (χ2v) is 3.73. The third kappa shape index (κ3) is 2.75. The van der Waals surface area contributed by atoms with E-state index in [1.807, 2.05) is 13.2 Å². The molecule has 0 fully saturated rings. The van der Waals surface area contributed by atoms with Crippen LogP contribution in [-0.4, -0.2) is 16.9 Å². The zero-order valence-corrected chi connectivity index (χ0v) is 9.77. The summed E-state index contributed by atoms with van der Waals surface area (Å²) in [6.07, 6.45) is 3.71.